The molecule has 1 aromatic rings. The molecule has 0 aromatic carbocycles. The lowest BCUT2D eigenvalue weighted by molar-refractivity contribution is 0.176. The Morgan fingerprint density at radius 3 is 2.62 bits per heavy atom. The standard InChI is InChI=1S/C12H19N3O/c13-15-11-8-5-9-12(14-11)16-10-6-3-1-2-4-7-10/h5,8-10H,1-4,6-7,13H2,(H,14,15). The fourth-order valence-electron chi connectivity index (χ4n) is 2.09. The lowest BCUT2D eigenvalue weighted by Crippen LogP contribution is -2.16. The van der Waals surface area contributed by atoms with Crippen molar-refractivity contribution in [1.29, 1.82) is 0 Å². The summed E-state index contributed by atoms with van der Waals surface area (Å²) in [5.41, 5.74) is 2.53. The molecule has 4 heteroatoms. The minimum Gasteiger partial charge on any atom is -0.474 e. The maximum atomic E-state index is 5.87. The maximum absolute atomic E-state index is 5.87. The molecular weight excluding hydrogens is 202 g/mol. The highest BCUT2D eigenvalue weighted by Gasteiger charge is 2.14. The Labute approximate surface area is 96.2 Å². The number of nitrogens with zero attached hydrogens (tertiary/aromatic N) is 1. The van der Waals surface area contributed by atoms with Gasteiger partial charge in [-0.15, -0.1) is 0 Å². The number of aromatic nitrogens is 1. The molecule has 1 aromatic heterocycles. The van der Waals surface area contributed by atoms with Crippen molar-refractivity contribution in [3.05, 3.63) is 18.2 Å². The molecule has 1 fully saturated rings. The predicted octanol–water partition coefficient (Wildman–Crippen LogP) is 2.47. The summed E-state index contributed by atoms with van der Waals surface area (Å²) in [6, 6.07) is 5.60. The molecule has 16 heavy (non-hydrogen) atoms. The van der Waals surface area contributed by atoms with Gasteiger partial charge in [-0.1, -0.05) is 18.9 Å². The van der Waals surface area contributed by atoms with Crippen LogP contribution in [-0.4, -0.2) is 11.1 Å². The fraction of sp³-hybridized carbons (Fsp3) is 0.583. The van der Waals surface area contributed by atoms with Crippen molar-refractivity contribution >= 4 is 5.82 Å². The topological polar surface area (TPSA) is 60.2 Å². The molecule has 1 aliphatic rings. The van der Waals surface area contributed by atoms with Crippen LogP contribution in [0.2, 0.25) is 0 Å². The lowest BCUT2D eigenvalue weighted by atomic mass is 10.1. The van der Waals surface area contributed by atoms with E-state index in [-0.39, 0.29) is 0 Å². The van der Waals surface area contributed by atoms with Crippen LogP contribution < -0.4 is 16.0 Å². The quantitative estimate of drug-likeness (QED) is 0.467. The van der Waals surface area contributed by atoms with Gasteiger partial charge >= 0.3 is 0 Å². The first-order valence-corrected chi connectivity index (χ1v) is 5.99. The fourth-order valence-corrected chi connectivity index (χ4v) is 2.09. The van der Waals surface area contributed by atoms with Crippen LogP contribution in [0.5, 0.6) is 5.88 Å². The van der Waals surface area contributed by atoms with Crippen molar-refractivity contribution in [2.24, 2.45) is 5.84 Å². The molecule has 2 rings (SSSR count). The average molecular weight is 221 g/mol. The molecule has 0 atom stereocenters. The minimum absolute atomic E-state index is 0.322. The number of rotatable bonds is 3. The number of nitrogens with two attached hydrogens (primary N) is 1. The van der Waals surface area contributed by atoms with E-state index in [0.29, 0.717) is 17.8 Å². The van der Waals surface area contributed by atoms with E-state index < -0.39 is 0 Å². The van der Waals surface area contributed by atoms with E-state index in [1.54, 1.807) is 0 Å². The van der Waals surface area contributed by atoms with E-state index >= 15 is 0 Å². The first-order valence-electron chi connectivity index (χ1n) is 5.99. The van der Waals surface area contributed by atoms with Crippen LogP contribution in [0.3, 0.4) is 0 Å². The van der Waals surface area contributed by atoms with Crippen LogP contribution in [-0.2, 0) is 0 Å². The summed E-state index contributed by atoms with van der Waals surface area (Å²) in [4.78, 5) is 4.26. The van der Waals surface area contributed by atoms with Crippen LogP contribution in [0.4, 0.5) is 5.82 Å². The van der Waals surface area contributed by atoms with Gasteiger partial charge in [-0.3, -0.25) is 0 Å². The largest absolute Gasteiger partial charge is 0.474 e. The third-order valence-electron chi connectivity index (χ3n) is 2.96. The van der Waals surface area contributed by atoms with Crippen LogP contribution in [0.15, 0.2) is 18.2 Å². The van der Waals surface area contributed by atoms with Gasteiger partial charge < -0.3 is 10.2 Å². The van der Waals surface area contributed by atoms with E-state index in [9.17, 15) is 0 Å². The number of hydrogen-bond acceptors (Lipinski definition) is 4. The highest BCUT2D eigenvalue weighted by atomic mass is 16.5. The predicted molar refractivity (Wildman–Crippen MR) is 64.2 cm³/mol. The number of pyridine rings is 1. The third-order valence-corrected chi connectivity index (χ3v) is 2.96. The van der Waals surface area contributed by atoms with E-state index in [1.807, 2.05) is 18.2 Å². The Morgan fingerprint density at radius 2 is 1.94 bits per heavy atom. The molecule has 0 radical (unpaired) electrons. The lowest BCUT2D eigenvalue weighted by Gasteiger charge is -2.16. The molecule has 0 saturated heterocycles. The number of anilines is 1. The SMILES string of the molecule is NNc1cccc(OC2CCCCCC2)n1. The second-order valence-electron chi connectivity index (χ2n) is 4.24. The molecule has 0 spiro atoms. The highest BCUT2D eigenvalue weighted by molar-refractivity contribution is 5.35. The van der Waals surface area contributed by atoms with Crippen LogP contribution in [0.1, 0.15) is 38.5 Å². The zero-order chi connectivity index (χ0) is 11.2. The van der Waals surface area contributed by atoms with Gasteiger partial charge in [0.2, 0.25) is 5.88 Å². The van der Waals surface area contributed by atoms with E-state index in [4.69, 9.17) is 10.6 Å². The van der Waals surface area contributed by atoms with Crippen molar-refractivity contribution in [3.63, 3.8) is 0 Å². The summed E-state index contributed by atoms with van der Waals surface area (Å²) in [5, 5.41) is 0. The van der Waals surface area contributed by atoms with E-state index in [1.165, 1.54) is 25.7 Å². The van der Waals surface area contributed by atoms with Crippen molar-refractivity contribution < 1.29 is 4.74 Å². The molecule has 0 unspecified atom stereocenters. The van der Waals surface area contributed by atoms with Gasteiger partial charge in [0.15, 0.2) is 0 Å². The summed E-state index contributed by atoms with van der Waals surface area (Å²) in [5.74, 6) is 6.62. The Balaban J connectivity index is 1.96. The number of hydrazine groups is 1. The zero-order valence-electron chi connectivity index (χ0n) is 9.48. The molecule has 3 N–H and O–H groups in total. The first kappa shape index (κ1) is 11.2. The van der Waals surface area contributed by atoms with Crippen molar-refractivity contribution in [2.45, 2.75) is 44.6 Å². The normalized spacial score (nSPS) is 17.8. The van der Waals surface area contributed by atoms with Gasteiger partial charge in [-0.25, -0.2) is 5.84 Å². The van der Waals surface area contributed by atoms with Crippen LogP contribution in [0.25, 0.3) is 0 Å². The Morgan fingerprint density at radius 1 is 1.19 bits per heavy atom. The van der Waals surface area contributed by atoms with Crippen molar-refractivity contribution in [3.8, 4) is 5.88 Å². The van der Waals surface area contributed by atoms with Gasteiger partial charge in [0.1, 0.15) is 11.9 Å². The number of ether oxygens (including phenoxy) is 1. The Hall–Kier alpha value is -1.29. The van der Waals surface area contributed by atoms with Gasteiger partial charge in [0, 0.05) is 6.07 Å². The monoisotopic (exact) mass is 221 g/mol. The van der Waals surface area contributed by atoms with Crippen molar-refractivity contribution in [2.75, 3.05) is 5.43 Å². The van der Waals surface area contributed by atoms with Gasteiger partial charge in [-0.05, 0) is 31.7 Å². The summed E-state index contributed by atoms with van der Waals surface area (Å²) >= 11 is 0. The molecule has 0 amide bonds. The second kappa shape index (κ2) is 5.70. The van der Waals surface area contributed by atoms with Gasteiger partial charge in [-0.2, -0.15) is 4.98 Å². The van der Waals surface area contributed by atoms with Crippen molar-refractivity contribution in [1.82, 2.24) is 4.98 Å². The van der Waals surface area contributed by atoms with E-state index in [2.05, 4.69) is 10.4 Å². The molecule has 0 aliphatic heterocycles. The molecule has 1 saturated carbocycles. The maximum Gasteiger partial charge on any atom is 0.215 e. The summed E-state index contributed by atoms with van der Waals surface area (Å²) in [6.07, 6.45) is 7.79. The number of hydrogen-bond donors (Lipinski definition) is 2. The zero-order valence-corrected chi connectivity index (χ0v) is 9.48. The Bertz CT molecular complexity index is 322. The average Bonchev–Trinajstić information content (AvgIpc) is 2.58. The van der Waals surface area contributed by atoms with Crippen LogP contribution in [0, 0.1) is 0 Å². The summed E-state index contributed by atoms with van der Waals surface area (Å²) in [6.45, 7) is 0. The number of nitrogens with one attached hydrogen (secondary N) is 1. The molecule has 88 valence electrons. The van der Waals surface area contributed by atoms with E-state index in [0.717, 1.165) is 12.8 Å². The smallest absolute Gasteiger partial charge is 0.215 e. The van der Waals surface area contributed by atoms with Gasteiger partial charge in [0.05, 0.1) is 0 Å². The Kier molecular flexibility index (Phi) is 3.99. The third kappa shape index (κ3) is 3.10. The minimum atomic E-state index is 0.322. The molecular formula is C12H19N3O. The summed E-state index contributed by atoms with van der Waals surface area (Å²) < 4.78 is 5.87. The van der Waals surface area contributed by atoms with Crippen LogP contribution >= 0.6 is 0 Å². The molecule has 4 nitrogen and oxygen atoms in total. The first-order chi connectivity index (χ1) is 7.88. The van der Waals surface area contributed by atoms with Gasteiger partial charge in [0.25, 0.3) is 0 Å². The number of nitrogen functional groups attached to an aromatic ring is 1. The summed E-state index contributed by atoms with van der Waals surface area (Å²) in [7, 11) is 0. The molecule has 1 aliphatic carbocycles. The molecule has 1 heterocycles. The molecule has 0 bridgehead atoms. The highest BCUT2D eigenvalue weighted by Crippen LogP contribution is 2.22. The second-order valence-corrected chi connectivity index (χ2v) is 4.24.